The number of anilines is 2. The summed E-state index contributed by atoms with van der Waals surface area (Å²) in [5, 5.41) is 3.23. The number of sulfonamides is 1. The summed E-state index contributed by atoms with van der Waals surface area (Å²) in [6, 6.07) is 5.07. The molecule has 0 spiro atoms. The smallest absolute Gasteiger partial charge is 0.229 e. The van der Waals surface area contributed by atoms with E-state index in [0.29, 0.717) is 33.2 Å². The molecule has 136 valence electrons. The molecule has 0 saturated heterocycles. The second-order valence-corrected chi connectivity index (χ2v) is 8.46. The average Bonchev–Trinajstić information content (AvgIpc) is 2.96. The molecular formula is C15H14ClN5O3S2. The van der Waals surface area contributed by atoms with Gasteiger partial charge in [-0.2, -0.15) is 0 Å². The molecule has 0 aromatic carbocycles. The van der Waals surface area contributed by atoms with Gasteiger partial charge in [0.25, 0.3) is 0 Å². The van der Waals surface area contributed by atoms with Crippen LogP contribution in [-0.4, -0.2) is 35.5 Å². The molecule has 3 rings (SSSR count). The normalized spacial score (nSPS) is 11.5. The predicted octanol–water partition coefficient (Wildman–Crippen LogP) is 3.13. The minimum Gasteiger partial charge on any atom is -0.302 e. The Morgan fingerprint density at radius 1 is 1.31 bits per heavy atom. The molecule has 0 aliphatic rings. The van der Waals surface area contributed by atoms with Gasteiger partial charge in [-0.3, -0.25) is 9.52 Å². The summed E-state index contributed by atoms with van der Waals surface area (Å²) >= 11 is 7.20. The third-order valence-corrected chi connectivity index (χ3v) is 5.03. The van der Waals surface area contributed by atoms with E-state index in [2.05, 4.69) is 25.0 Å². The molecular weight excluding hydrogens is 398 g/mol. The maximum atomic E-state index is 11.5. The number of hydrogen-bond donors (Lipinski definition) is 2. The van der Waals surface area contributed by atoms with Crippen LogP contribution in [0.4, 0.5) is 10.8 Å². The van der Waals surface area contributed by atoms with Gasteiger partial charge in [0, 0.05) is 18.2 Å². The molecule has 0 saturated carbocycles. The van der Waals surface area contributed by atoms with Crippen molar-refractivity contribution in [2.75, 3.05) is 16.3 Å². The lowest BCUT2D eigenvalue weighted by molar-refractivity contribution is -0.115. The van der Waals surface area contributed by atoms with E-state index in [-0.39, 0.29) is 16.7 Å². The van der Waals surface area contributed by atoms with Crippen molar-refractivity contribution in [3.8, 4) is 11.3 Å². The van der Waals surface area contributed by atoms with Crippen molar-refractivity contribution in [1.29, 1.82) is 0 Å². The van der Waals surface area contributed by atoms with Gasteiger partial charge in [0.2, 0.25) is 15.9 Å². The molecule has 0 aliphatic heterocycles. The highest BCUT2D eigenvalue weighted by Gasteiger charge is 2.12. The standard InChI is InChI=1S/C15H14ClN5O3S2/c1-3-12(22)20-15-19-10-5-4-9(18-14(10)25-15)8-6-11(13(16)17-7-8)21-26(2,23)24/h4-7,21H,3H2,1-2H3,(H,19,20,22). The van der Waals surface area contributed by atoms with E-state index >= 15 is 0 Å². The number of thiazole rings is 1. The maximum absolute atomic E-state index is 11.5. The fourth-order valence-corrected chi connectivity index (χ4v) is 3.71. The molecule has 3 aromatic heterocycles. The molecule has 3 heterocycles. The van der Waals surface area contributed by atoms with Crippen LogP contribution in [0, 0.1) is 0 Å². The number of halogens is 1. The Balaban J connectivity index is 1.97. The zero-order valence-corrected chi connectivity index (χ0v) is 16.2. The lowest BCUT2D eigenvalue weighted by Crippen LogP contribution is -2.10. The van der Waals surface area contributed by atoms with Crippen molar-refractivity contribution in [3.05, 3.63) is 29.5 Å². The molecule has 8 nitrogen and oxygen atoms in total. The number of amides is 1. The number of nitrogens with zero attached hydrogens (tertiary/aromatic N) is 3. The zero-order chi connectivity index (χ0) is 18.9. The molecule has 0 fully saturated rings. The van der Waals surface area contributed by atoms with Crippen molar-refractivity contribution >= 4 is 60.0 Å². The van der Waals surface area contributed by atoms with Gasteiger partial charge in [0.15, 0.2) is 10.3 Å². The molecule has 0 bridgehead atoms. The number of carbonyl (C=O) groups is 1. The van der Waals surface area contributed by atoms with Crippen molar-refractivity contribution in [2.24, 2.45) is 0 Å². The highest BCUT2D eigenvalue weighted by molar-refractivity contribution is 7.92. The highest BCUT2D eigenvalue weighted by Crippen LogP contribution is 2.30. The van der Waals surface area contributed by atoms with Crippen LogP contribution < -0.4 is 10.0 Å². The van der Waals surface area contributed by atoms with E-state index in [1.807, 2.05) is 0 Å². The summed E-state index contributed by atoms with van der Waals surface area (Å²) in [5.41, 5.74) is 2.00. The van der Waals surface area contributed by atoms with Crippen molar-refractivity contribution < 1.29 is 13.2 Å². The Morgan fingerprint density at radius 2 is 2.08 bits per heavy atom. The van der Waals surface area contributed by atoms with Gasteiger partial charge in [-0.15, -0.1) is 0 Å². The molecule has 0 unspecified atom stereocenters. The first-order valence-corrected chi connectivity index (χ1v) is 10.5. The van der Waals surface area contributed by atoms with Crippen LogP contribution in [0.15, 0.2) is 24.4 Å². The van der Waals surface area contributed by atoms with Gasteiger partial charge >= 0.3 is 0 Å². The third-order valence-electron chi connectivity index (χ3n) is 3.25. The van der Waals surface area contributed by atoms with E-state index in [9.17, 15) is 13.2 Å². The third kappa shape index (κ3) is 4.26. The molecule has 0 atom stereocenters. The number of pyridine rings is 2. The van der Waals surface area contributed by atoms with Gasteiger partial charge in [-0.05, 0) is 18.2 Å². The number of hydrogen-bond acceptors (Lipinski definition) is 7. The van der Waals surface area contributed by atoms with Crippen molar-refractivity contribution in [2.45, 2.75) is 13.3 Å². The number of carbonyl (C=O) groups excluding carboxylic acids is 1. The van der Waals surface area contributed by atoms with Gasteiger partial charge in [-0.1, -0.05) is 29.9 Å². The minimum absolute atomic E-state index is 0.0441. The number of rotatable bonds is 5. The fraction of sp³-hybridized carbons (Fsp3) is 0.200. The Labute approximate surface area is 158 Å². The van der Waals surface area contributed by atoms with E-state index < -0.39 is 10.0 Å². The van der Waals surface area contributed by atoms with Crippen LogP contribution in [0.25, 0.3) is 21.6 Å². The summed E-state index contributed by atoms with van der Waals surface area (Å²) in [5.74, 6) is -0.123. The Morgan fingerprint density at radius 3 is 2.77 bits per heavy atom. The largest absolute Gasteiger partial charge is 0.302 e. The maximum Gasteiger partial charge on any atom is 0.229 e. The molecule has 2 N–H and O–H groups in total. The summed E-state index contributed by atoms with van der Waals surface area (Å²) in [6.07, 6.45) is 2.90. The van der Waals surface area contributed by atoms with Crippen LogP contribution in [0.1, 0.15) is 13.3 Å². The Hall–Kier alpha value is -2.30. The highest BCUT2D eigenvalue weighted by atomic mass is 35.5. The predicted molar refractivity (Wildman–Crippen MR) is 103 cm³/mol. The molecule has 1 amide bonds. The minimum atomic E-state index is -3.49. The molecule has 3 aromatic rings. The lowest BCUT2D eigenvalue weighted by Gasteiger charge is -2.08. The van der Waals surface area contributed by atoms with Gasteiger partial charge in [0.05, 0.1) is 17.6 Å². The summed E-state index contributed by atoms with van der Waals surface area (Å²) in [6.45, 7) is 1.76. The van der Waals surface area contributed by atoms with E-state index in [1.54, 1.807) is 25.1 Å². The monoisotopic (exact) mass is 411 g/mol. The van der Waals surface area contributed by atoms with Crippen LogP contribution >= 0.6 is 22.9 Å². The van der Waals surface area contributed by atoms with Crippen LogP contribution in [0.3, 0.4) is 0 Å². The topological polar surface area (TPSA) is 114 Å². The van der Waals surface area contributed by atoms with Gasteiger partial charge in [-0.25, -0.2) is 23.4 Å². The average molecular weight is 412 g/mol. The fourth-order valence-electron chi connectivity index (χ4n) is 2.10. The summed E-state index contributed by atoms with van der Waals surface area (Å²) < 4.78 is 25.2. The van der Waals surface area contributed by atoms with E-state index in [1.165, 1.54) is 17.5 Å². The van der Waals surface area contributed by atoms with Gasteiger partial charge in [0.1, 0.15) is 10.3 Å². The first-order chi connectivity index (χ1) is 12.2. The second-order valence-electron chi connectivity index (χ2n) is 5.38. The number of fused-ring (bicyclic) bond motifs is 1. The SMILES string of the molecule is CCC(=O)Nc1nc2ccc(-c3cnc(Cl)c(NS(C)(=O)=O)c3)nc2s1. The number of aromatic nitrogens is 3. The Kier molecular flexibility index (Phi) is 5.08. The van der Waals surface area contributed by atoms with Crippen LogP contribution in [0.5, 0.6) is 0 Å². The van der Waals surface area contributed by atoms with Crippen LogP contribution in [-0.2, 0) is 14.8 Å². The first kappa shape index (κ1) is 18.5. The molecule has 11 heteroatoms. The molecule has 0 aliphatic carbocycles. The second kappa shape index (κ2) is 7.14. The number of nitrogens with one attached hydrogen (secondary N) is 2. The molecule has 0 radical (unpaired) electrons. The molecule has 26 heavy (non-hydrogen) atoms. The summed E-state index contributed by atoms with van der Waals surface area (Å²) in [4.78, 5) is 25.0. The van der Waals surface area contributed by atoms with E-state index in [0.717, 1.165) is 6.26 Å². The quantitative estimate of drug-likeness (QED) is 0.623. The van der Waals surface area contributed by atoms with Crippen molar-refractivity contribution in [1.82, 2.24) is 15.0 Å². The van der Waals surface area contributed by atoms with Gasteiger partial charge < -0.3 is 5.32 Å². The van der Waals surface area contributed by atoms with Crippen molar-refractivity contribution in [3.63, 3.8) is 0 Å². The lowest BCUT2D eigenvalue weighted by atomic mass is 10.2. The summed E-state index contributed by atoms with van der Waals surface area (Å²) in [7, 11) is -3.49. The van der Waals surface area contributed by atoms with E-state index in [4.69, 9.17) is 11.6 Å². The Bertz CT molecular complexity index is 1100. The zero-order valence-electron chi connectivity index (χ0n) is 13.8. The first-order valence-electron chi connectivity index (χ1n) is 7.46. The van der Waals surface area contributed by atoms with Crippen LogP contribution in [0.2, 0.25) is 5.15 Å².